The maximum atomic E-state index is 9.16. The van der Waals surface area contributed by atoms with Crippen LogP contribution in [-0.2, 0) is 0 Å². The fourth-order valence-corrected chi connectivity index (χ4v) is 2.85. The van der Waals surface area contributed by atoms with Crippen molar-refractivity contribution in [3.8, 4) is 5.75 Å². The summed E-state index contributed by atoms with van der Waals surface area (Å²) in [6.45, 7) is 6.42. The molecular weight excluding hydrogens is 240 g/mol. The van der Waals surface area contributed by atoms with Crippen LogP contribution in [0, 0.1) is 0 Å². The standard InChI is InChI=1S/C15H24N2O2/c1-15(2)11-17(10-12(16-15)8-9-18)13-6-4-5-7-14(13)19-3/h4-7,12,16,18H,8-11H2,1-3H3. The molecule has 19 heavy (non-hydrogen) atoms. The molecule has 1 aromatic rings. The second kappa shape index (κ2) is 5.80. The van der Waals surface area contributed by atoms with E-state index in [0.29, 0.717) is 6.04 Å². The summed E-state index contributed by atoms with van der Waals surface area (Å²) >= 11 is 0. The molecule has 106 valence electrons. The molecule has 0 aromatic heterocycles. The minimum absolute atomic E-state index is 0.0267. The van der Waals surface area contributed by atoms with Gasteiger partial charge in [0.15, 0.2) is 0 Å². The molecule has 4 heteroatoms. The van der Waals surface area contributed by atoms with Crippen LogP contribution >= 0.6 is 0 Å². The maximum Gasteiger partial charge on any atom is 0.142 e. The van der Waals surface area contributed by atoms with Crippen molar-refractivity contribution in [3.05, 3.63) is 24.3 Å². The van der Waals surface area contributed by atoms with E-state index in [2.05, 4.69) is 30.1 Å². The van der Waals surface area contributed by atoms with E-state index in [9.17, 15) is 0 Å². The molecule has 1 aliphatic rings. The predicted molar refractivity (Wildman–Crippen MR) is 77.9 cm³/mol. The van der Waals surface area contributed by atoms with Gasteiger partial charge in [-0.25, -0.2) is 0 Å². The lowest BCUT2D eigenvalue weighted by atomic mass is 9.96. The van der Waals surface area contributed by atoms with Crippen LogP contribution in [0.4, 0.5) is 5.69 Å². The number of methoxy groups -OCH3 is 1. The van der Waals surface area contributed by atoms with Crippen LogP contribution in [0.3, 0.4) is 0 Å². The van der Waals surface area contributed by atoms with Crippen molar-refractivity contribution in [1.82, 2.24) is 5.32 Å². The van der Waals surface area contributed by atoms with Crippen LogP contribution in [0.5, 0.6) is 5.75 Å². The topological polar surface area (TPSA) is 44.7 Å². The van der Waals surface area contributed by atoms with Gasteiger partial charge in [0.25, 0.3) is 0 Å². The van der Waals surface area contributed by atoms with Crippen LogP contribution in [0.15, 0.2) is 24.3 Å². The van der Waals surface area contributed by atoms with Gasteiger partial charge in [-0.05, 0) is 32.4 Å². The number of hydrogen-bond acceptors (Lipinski definition) is 4. The molecule has 0 spiro atoms. The predicted octanol–water partition coefficient (Wildman–Crippen LogP) is 1.63. The summed E-state index contributed by atoms with van der Waals surface area (Å²) in [6.07, 6.45) is 0.773. The van der Waals surface area contributed by atoms with Gasteiger partial charge in [0.2, 0.25) is 0 Å². The molecule has 0 aliphatic carbocycles. The van der Waals surface area contributed by atoms with E-state index >= 15 is 0 Å². The molecule has 0 radical (unpaired) electrons. The van der Waals surface area contributed by atoms with E-state index in [0.717, 1.165) is 30.9 Å². The summed E-state index contributed by atoms with van der Waals surface area (Å²) < 4.78 is 5.45. The van der Waals surface area contributed by atoms with Gasteiger partial charge in [0.05, 0.1) is 12.8 Å². The highest BCUT2D eigenvalue weighted by Gasteiger charge is 2.32. The number of rotatable bonds is 4. The Balaban J connectivity index is 2.22. The number of benzene rings is 1. The van der Waals surface area contributed by atoms with Crippen molar-refractivity contribution in [2.45, 2.75) is 31.8 Å². The van der Waals surface area contributed by atoms with Gasteiger partial charge in [0, 0.05) is 31.3 Å². The molecule has 1 aromatic carbocycles. The first-order valence-corrected chi connectivity index (χ1v) is 6.82. The van der Waals surface area contributed by atoms with Gasteiger partial charge >= 0.3 is 0 Å². The van der Waals surface area contributed by atoms with Crippen molar-refractivity contribution in [2.24, 2.45) is 0 Å². The summed E-state index contributed by atoms with van der Waals surface area (Å²) in [6, 6.07) is 8.41. The first-order chi connectivity index (χ1) is 9.05. The number of para-hydroxylation sites is 2. The zero-order valence-electron chi connectivity index (χ0n) is 12.0. The fourth-order valence-electron chi connectivity index (χ4n) is 2.85. The molecule has 0 bridgehead atoms. The largest absolute Gasteiger partial charge is 0.495 e. The van der Waals surface area contributed by atoms with Gasteiger partial charge in [-0.15, -0.1) is 0 Å². The minimum atomic E-state index is 0.0267. The summed E-state index contributed by atoms with van der Waals surface area (Å²) in [5.74, 6) is 0.906. The second-order valence-electron chi connectivity index (χ2n) is 5.79. The Hall–Kier alpha value is -1.26. The van der Waals surface area contributed by atoms with Crippen molar-refractivity contribution >= 4 is 5.69 Å². The molecule has 1 aliphatic heterocycles. The lowest BCUT2D eigenvalue weighted by Gasteiger charge is -2.45. The number of aliphatic hydroxyl groups excluding tert-OH is 1. The summed E-state index contributed by atoms with van der Waals surface area (Å²) in [5.41, 5.74) is 1.15. The summed E-state index contributed by atoms with van der Waals surface area (Å²) in [7, 11) is 1.71. The average Bonchev–Trinajstić information content (AvgIpc) is 2.37. The summed E-state index contributed by atoms with van der Waals surface area (Å²) in [4.78, 5) is 2.34. The highest BCUT2D eigenvalue weighted by Crippen LogP contribution is 2.31. The van der Waals surface area contributed by atoms with E-state index in [1.165, 1.54) is 0 Å². The zero-order chi connectivity index (χ0) is 13.9. The summed E-state index contributed by atoms with van der Waals surface area (Å²) in [5, 5.41) is 12.8. The SMILES string of the molecule is COc1ccccc1N1CC(CCO)NC(C)(C)C1. The Kier molecular flexibility index (Phi) is 4.32. The normalized spacial score (nSPS) is 22.3. The number of aliphatic hydroxyl groups is 1. The van der Waals surface area contributed by atoms with E-state index in [-0.39, 0.29) is 12.1 Å². The monoisotopic (exact) mass is 264 g/mol. The molecule has 2 rings (SSSR count). The van der Waals surface area contributed by atoms with E-state index in [1.54, 1.807) is 7.11 Å². The van der Waals surface area contributed by atoms with Gasteiger partial charge < -0.3 is 20.1 Å². The number of anilines is 1. The third-order valence-corrected chi connectivity index (χ3v) is 3.53. The van der Waals surface area contributed by atoms with E-state index in [1.807, 2.05) is 18.2 Å². The second-order valence-corrected chi connectivity index (χ2v) is 5.79. The van der Waals surface area contributed by atoms with Crippen molar-refractivity contribution in [2.75, 3.05) is 31.7 Å². The minimum Gasteiger partial charge on any atom is -0.495 e. The number of piperazine rings is 1. The first kappa shape index (κ1) is 14.2. The zero-order valence-corrected chi connectivity index (χ0v) is 12.0. The molecule has 0 amide bonds. The smallest absolute Gasteiger partial charge is 0.142 e. The van der Waals surface area contributed by atoms with Crippen LogP contribution in [0.2, 0.25) is 0 Å². The van der Waals surface area contributed by atoms with Crippen LogP contribution in [0.25, 0.3) is 0 Å². The molecule has 1 saturated heterocycles. The van der Waals surface area contributed by atoms with Gasteiger partial charge in [-0.3, -0.25) is 0 Å². The number of hydrogen-bond donors (Lipinski definition) is 2. The Labute approximate surface area is 115 Å². The molecule has 2 N–H and O–H groups in total. The first-order valence-electron chi connectivity index (χ1n) is 6.82. The van der Waals surface area contributed by atoms with Gasteiger partial charge in [-0.1, -0.05) is 12.1 Å². The maximum absolute atomic E-state index is 9.16. The lowest BCUT2D eigenvalue weighted by molar-refractivity contribution is 0.223. The third kappa shape index (κ3) is 3.39. The third-order valence-electron chi connectivity index (χ3n) is 3.53. The molecule has 0 saturated carbocycles. The Morgan fingerprint density at radius 2 is 2.16 bits per heavy atom. The lowest BCUT2D eigenvalue weighted by Crippen LogP contribution is -2.62. The van der Waals surface area contributed by atoms with E-state index in [4.69, 9.17) is 9.84 Å². The molecule has 1 atom stereocenters. The Morgan fingerprint density at radius 3 is 2.84 bits per heavy atom. The Morgan fingerprint density at radius 1 is 1.42 bits per heavy atom. The number of nitrogens with zero attached hydrogens (tertiary/aromatic N) is 1. The Bertz CT molecular complexity index is 420. The van der Waals surface area contributed by atoms with Crippen molar-refractivity contribution < 1.29 is 9.84 Å². The van der Waals surface area contributed by atoms with Crippen LogP contribution < -0.4 is 15.0 Å². The van der Waals surface area contributed by atoms with Gasteiger partial charge in [0.1, 0.15) is 5.75 Å². The highest BCUT2D eigenvalue weighted by molar-refractivity contribution is 5.59. The highest BCUT2D eigenvalue weighted by atomic mass is 16.5. The van der Waals surface area contributed by atoms with Crippen molar-refractivity contribution in [3.63, 3.8) is 0 Å². The number of ether oxygens (including phenoxy) is 1. The quantitative estimate of drug-likeness (QED) is 0.867. The molecular formula is C15H24N2O2. The molecule has 1 fully saturated rings. The van der Waals surface area contributed by atoms with Crippen molar-refractivity contribution in [1.29, 1.82) is 0 Å². The van der Waals surface area contributed by atoms with Crippen LogP contribution in [0.1, 0.15) is 20.3 Å². The van der Waals surface area contributed by atoms with E-state index < -0.39 is 0 Å². The molecule has 4 nitrogen and oxygen atoms in total. The molecule has 1 heterocycles. The average molecular weight is 264 g/mol. The molecule has 1 unspecified atom stereocenters. The van der Waals surface area contributed by atoms with Gasteiger partial charge in [-0.2, -0.15) is 0 Å². The fraction of sp³-hybridized carbons (Fsp3) is 0.600. The van der Waals surface area contributed by atoms with Crippen LogP contribution in [-0.4, -0.2) is 43.5 Å². The number of nitrogens with one attached hydrogen (secondary N) is 1.